The topological polar surface area (TPSA) is 75.4 Å². The number of hydrogen-bond acceptors (Lipinski definition) is 3. The van der Waals surface area contributed by atoms with E-state index in [9.17, 15) is 9.59 Å². The maximum atomic E-state index is 12.7. The largest absolute Gasteiger partial charge is 0.352 e. The SMILES string of the molecule is CC(=O)NCc1ccc(C(=O)N2CCC[C@@H](C)[C@@H]2CN)cc1. The molecule has 1 aromatic carbocycles. The minimum Gasteiger partial charge on any atom is -0.352 e. The molecule has 2 rings (SSSR count). The molecule has 0 aromatic heterocycles. The summed E-state index contributed by atoms with van der Waals surface area (Å²) in [4.78, 5) is 25.5. The van der Waals surface area contributed by atoms with Crippen LogP contribution in [0.4, 0.5) is 0 Å². The Bertz CT molecular complexity index is 527. The Morgan fingerprint density at radius 2 is 2.00 bits per heavy atom. The van der Waals surface area contributed by atoms with E-state index >= 15 is 0 Å². The molecule has 0 saturated carbocycles. The van der Waals surface area contributed by atoms with Crippen LogP contribution in [-0.4, -0.2) is 35.8 Å². The number of piperidine rings is 1. The Hall–Kier alpha value is -1.88. The molecule has 5 heteroatoms. The molecule has 1 heterocycles. The summed E-state index contributed by atoms with van der Waals surface area (Å²) in [6.45, 7) is 5.41. The van der Waals surface area contributed by atoms with Crippen LogP contribution in [0.15, 0.2) is 24.3 Å². The number of nitrogens with two attached hydrogens (primary N) is 1. The second-order valence-corrected chi connectivity index (χ2v) is 6.03. The fourth-order valence-electron chi connectivity index (χ4n) is 3.02. The maximum Gasteiger partial charge on any atom is 0.254 e. The Labute approximate surface area is 131 Å². The highest BCUT2D eigenvalue weighted by atomic mass is 16.2. The molecule has 0 spiro atoms. The second kappa shape index (κ2) is 7.40. The van der Waals surface area contributed by atoms with Gasteiger partial charge in [-0.25, -0.2) is 0 Å². The van der Waals surface area contributed by atoms with E-state index in [4.69, 9.17) is 5.73 Å². The number of rotatable bonds is 4. The van der Waals surface area contributed by atoms with Crippen molar-refractivity contribution < 1.29 is 9.59 Å². The highest BCUT2D eigenvalue weighted by Gasteiger charge is 2.31. The summed E-state index contributed by atoms with van der Waals surface area (Å²) in [6, 6.07) is 7.54. The van der Waals surface area contributed by atoms with Gasteiger partial charge in [0.2, 0.25) is 5.91 Å². The molecule has 120 valence electrons. The summed E-state index contributed by atoms with van der Waals surface area (Å²) in [6.07, 6.45) is 2.16. The molecule has 5 nitrogen and oxygen atoms in total. The zero-order valence-electron chi connectivity index (χ0n) is 13.3. The average Bonchev–Trinajstić information content (AvgIpc) is 2.52. The number of nitrogens with zero attached hydrogens (tertiary/aromatic N) is 1. The molecule has 1 fully saturated rings. The lowest BCUT2D eigenvalue weighted by atomic mass is 9.90. The van der Waals surface area contributed by atoms with Crippen LogP contribution in [-0.2, 0) is 11.3 Å². The molecule has 1 aliphatic heterocycles. The van der Waals surface area contributed by atoms with Crippen molar-refractivity contribution in [3.63, 3.8) is 0 Å². The average molecular weight is 303 g/mol. The Kier molecular flexibility index (Phi) is 5.55. The van der Waals surface area contributed by atoms with Gasteiger partial charge in [0.25, 0.3) is 5.91 Å². The van der Waals surface area contributed by atoms with E-state index in [1.165, 1.54) is 6.92 Å². The van der Waals surface area contributed by atoms with Gasteiger partial charge in [-0.1, -0.05) is 19.1 Å². The number of carbonyl (C=O) groups is 2. The van der Waals surface area contributed by atoms with E-state index in [0.29, 0.717) is 24.6 Å². The molecular formula is C17H25N3O2. The highest BCUT2D eigenvalue weighted by molar-refractivity contribution is 5.94. The Morgan fingerprint density at radius 1 is 1.32 bits per heavy atom. The number of hydrogen-bond donors (Lipinski definition) is 2. The zero-order chi connectivity index (χ0) is 16.1. The van der Waals surface area contributed by atoms with Crippen molar-refractivity contribution in [3.8, 4) is 0 Å². The predicted octanol–water partition coefficient (Wildman–Crippen LogP) is 1.52. The first-order valence-corrected chi connectivity index (χ1v) is 7.87. The molecule has 2 atom stereocenters. The molecular weight excluding hydrogens is 278 g/mol. The third-order valence-electron chi connectivity index (χ3n) is 4.36. The van der Waals surface area contributed by atoms with Gasteiger partial charge in [-0.3, -0.25) is 9.59 Å². The minimum absolute atomic E-state index is 0.0491. The molecule has 3 N–H and O–H groups in total. The fraction of sp³-hybridized carbons (Fsp3) is 0.529. The van der Waals surface area contributed by atoms with Gasteiger partial charge in [0.05, 0.1) is 0 Å². The van der Waals surface area contributed by atoms with Crippen molar-refractivity contribution in [2.45, 2.75) is 39.3 Å². The van der Waals surface area contributed by atoms with E-state index in [1.807, 2.05) is 29.2 Å². The van der Waals surface area contributed by atoms with Crippen LogP contribution in [0.25, 0.3) is 0 Å². The van der Waals surface area contributed by atoms with Crippen LogP contribution in [0, 0.1) is 5.92 Å². The molecule has 22 heavy (non-hydrogen) atoms. The number of likely N-dealkylation sites (tertiary alicyclic amines) is 1. The van der Waals surface area contributed by atoms with Crippen molar-refractivity contribution in [2.75, 3.05) is 13.1 Å². The monoisotopic (exact) mass is 303 g/mol. The van der Waals surface area contributed by atoms with E-state index in [2.05, 4.69) is 12.2 Å². The van der Waals surface area contributed by atoms with Gasteiger partial charge >= 0.3 is 0 Å². The van der Waals surface area contributed by atoms with Crippen LogP contribution in [0.5, 0.6) is 0 Å². The van der Waals surface area contributed by atoms with Gasteiger partial charge in [-0.05, 0) is 36.5 Å². The lowest BCUT2D eigenvalue weighted by Gasteiger charge is -2.39. The molecule has 0 bridgehead atoms. The predicted molar refractivity (Wildman–Crippen MR) is 86.2 cm³/mol. The molecule has 0 aliphatic carbocycles. The first-order valence-electron chi connectivity index (χ1n) is 7.87. The third-order valence-corrected chi connectivity index (χ3v) is 4.36. The van der Waals surface area contributed by atoms with Gasteiger partial charge < -0.3 is 16.0 Å². The minimum atomic E-state index is -0.0618. The van der Waals surface area contributed by atoms with E-state index < -0.39 is 0 Å². The molecule has 1 aromatic rings. The van der Waals surface area contributed by atoms with Crippen molar-refractivity contribution in [1.29, 1.82) is 0 Å². The summed E-state index contributed by atoms with van der Waals surface area (Å²) in [5.74, 6) is 0.433. The van der Waals surface area contributed by atoms with Gasteiger partial charge in [0, 0.05) is 38.2 Å². The summed E-state index contributed by atoms with van der Waals surface area (Å²) in [7, 11) is 0. The lowest BCUT2D eigenvalue weighted by Crippen LogP contribution is -2.51. The quantitative estimate of drug-likeness (QED) is 0.885. The molecule has 2 amide bonds. The normalized spacial score (nSPS) is 21.5. The Morgan fingerprint density at radius 3 is 2.59 bits per heavy atom. The highest BCUT2D eigenvalue weighted by Crippen LogP contribution is 2.24. The fourth-order valence-corrected chi connectivity index (χ4v) is 3.02. The molecule has 0 radical (unpaired) electrons. The number of benzene rings is 1. The van der Waals surface area contributed by atoms with Gasteiger partial charge in [0.1, 0.15) is 0 Å². The third kappa shape index (κ3) is 3.85. The number of amides is 2. The lowest BCUT2D eigenvalue weighted by molar-refractivity contribution is -0.119. The summed E-state index contributed by atoms with van der Waals surface area (Å²) in [5.41, 5.74) is 7.52. The van der Waals surface area contributed by atoms with Crippen LogP contribution < -0.4 is 11.1 Å². The van der Waals surface area contributed by atoms with Gasteiger partial charge in [-0.15, -0.1) is 0 Å². The standard InChI is InChI=1S/C17H25N3O2/c1-12-4-3-9-20(16(12)10-18)17(22)15-7-5-14(6-8-15)11-19-13(2)21/h5-8,12,16H,3-4,9-11,18H2,1-2H3,(H,19,21)/t12-,16+/m1/s1. The summed E-state index contributed by atoms with van der Waals surface area (Å²) in [5, 5.41) is 2.75. The zero-order valence-corrected chi connectivity index (χ0v) is 13.3. The first-order chi connectivity index (χ1) is 10.5. The second-order valence-electron chi connectivity index (χ2n) is 6.03. The Balaban J connectivity index is 2.06. The molecule has 0 unspecified atom stereocenters. The smallest absolute Gasteiger partial charge is 0.254 e. The van der Waals surface area contributed by atoms with Crippen LogP contribution in [0.3, 0.4) is 0 Å². The number of carbonyl (C=O) groups excluding carboxylic acids is 2. The van der Waals surface area contributed by atoms with Gasteiger partial charge in [-0.2, -0.15) is 0 Å². The molecule has 1 aliphatic rings. The van der Waals surface area contributed by atoms with Crippen LogP contribution in [0.2, 0.25) is 0 Å². The first kappa shape index (κ1) is 16.5. The van der Waals surface area contributed by atoms with Crippen molar-refractivity contribution in [3.05, 3.63) is 35.4 Å². The maximum absolute atomic E-state index is 12.7. The number of nitrogens with one attached hydrogen (secondary N) is 1. The van der Waals surface area contributed by atoms with Gasteiger partial charge in [0.15, 0.2) is 0 Å². The van der Waals surface area contributed by atoms with E-state index in [1.54, 1.807) is 0 Å². The van der Waals surface area contributed by atoms with Crippen LogP contribution >= 0.6 is 0 Å². The van der Waals surface area contributed by atoms with E-state index in [0.717, 1.165) is 24.9 Å². The summed E-state index contributed by atoms with van der Waals surface area (Å²) < 4.78 is 0. The molecule has 1 saturated heterocycles. The van der Waals surface area contributed by atoms with Crippen molar-refractivity contribution >= 4 is 11.8 Å². The van der Waals surface area contributed by atoms with E-state index in [-0.39, 0.29) is 17.9 Å². The van der Waals surface area contributed by atoms with Crippen LogP contribution in [0.1, 0.15) is 42.6 Å². The summed E-state index contributed by atoms with van der Waals surface area (Å²) >= 11 is 0. The van der Waals surface area contributed by atoms with Crippen molar-refractivity contribution in [1.82, 2.24) is 10.2 Å². The van der Waals surface area contributed by atoms with Crippen molar-refractivity contribution in [2.24, 2.45) is 11.7 Å².